The van der Waals surface area contributed by atoms with E-state index in [9.17, 15) is 13.2 Å². The van der Waals surface area contributed by atoms with Crippen LogP contribution in [0.25, 0.3) is 0 Å². The van der Waals surface area contributed by atoms with E-state index in [4.69, 9.17) is 0 Å². The Balaban J connectivity index is 1.56. The molecule has 1 aliphatic heterocycles. The Morgan fingerprint density at radius 1 is 1.21 bits per heavy atom. The highest BCUT2D eigenvalue weighted by atomic mass is 32.2. The van der Waals surface area contributed by atoms with E-state index < -0.39 is 10.0 Å². The van der Waals surface area contributed by atoms with Crippen molar-refractivity contribution in [3.05, 3.63) is 35.9 Å². The number of amides is 1. The molecule has 1 aromatic rings. The van der Waals surface area contributed by atoms with Crippen molar-refractivity contribution in [1.29, 1.82) is 0 Å². The minimum Gasteiger partial charge on any atom is -0.352 e. The second kappa shape index (κ2) is 6.84. The third-order valence-electron chi connectivity index (χ3n) is 5.16. The van der Waals surface area contributed by atoms with Gasteiger partial charge in [-0.2, -0.15) is 0 Å². The Morgan fingerprint density at radius 2 is 1.83 bits per heavy atom. The zero-order chi connectivity index (χ0) is 17.2. The predicted octanol–water partition coefficient (Wildman–Crippen LogP) is 2.04. The molecule has 2 aliphatic rings. The van der Waals surface area contributed by atoms with Crippen molar-refractivity contribution in [2.75, 3.05) is 18.8 Å². The van der Waals surface area contributed by atoms with Crippen LogP contribution in [-0.4, -0.2) is 43.5 Å². The van der Waals surface area contributed by atoms with E-state index in [1.807, 2.05) is 37.3 Å². The zero-order valence-electron chi connectivity index (χ0n) is 14.2. The SMILES string of the molecule is CCCS(=O)(=O)N1CCC(NC(=O)C2(c3ccccc3)CC2)CC1. The monoisotopic (exact) mass is 350 g/mol. The van der Waals surface area contributed by atoms with Gasteiger partial charge in [0.15, 0.2) is 0 Å². The zero-order valence-corrected chi connectivity index (χ0v) is 15.0. The lowest BCUT2D eigenvalue weighted by Crippen LogP contribution is -2.49. The molecule has 0 atom stereocenters. The first-order chi connectivity index (χ1) is 11.5. The second-order valence-corrected chi connectivity index (χ2v) is 9.00. The van der Waals surface area contributed by atoms with Gasteiger partial charge in [0.05, 0.1) is 11.2 Å². The van der Waals surface area contributed by atoms with Crippen LogP contribution in [0, 0.1) is 0 Å². The molecular formula is C18H26N2O3S. The van der Waals surface area contributed by atoms with Crippen molar-refractivity contribution < 1.29 is 13.2 Å². The van der Waals surface area contributed by atoms with Gasteiger partial charge < -0.3 is 5.32 Å². The lowest BCUT2D eigenvalue weighted by molar-refractivity contribution is -0.124. The molecule has 6 heteroatoms. The van der Waals surface area contributed by atoms with Gasteiger partial charge in [0, 0.05) is 19.1 Å². The molecule has 1 saturated heterocycles. The van der Waals surface area contributed by atoms with Crippen LogP contribution in [0.3, 0.4) is 0 Å². The number of hydrogen-bond donors (Lipinski definition) is 1. The smallest absolute Gasteiger partial charge is 0.230 e. The summed E-state index contributed by atoms with van der Waals surface area (Å²) in [4.78, 5) is 12.7. The highest BCUT2D eigenvalue weighted by Gasteiger charge is 2.51. The first-order valence-corrected chi connectivity index (χ1v) is 10.4. The minimum atomic E-state index is -3.12. The van der Waals surface area contributed by atoms with Gasteiger partial charge in [-0.1, -0.05) is 37.3 Å². The predicted molar refractivity (Wildman–Crippen MR) is 94.2 cm³/mol. The molecule has 1 amide bonds. The Morgan fingerprint density at radius 3 is 2.38 bits per heavy atom. The summed E-state index contributed by atoms with van der Waals surface area (Å²) in [5, 5.41) is 3.16. The van der Waals surface area contributed by atoms with Crippen LogP contribution in [-0.2, 0) is 20.2 Å². The number of rotatable bonds is 6. The molecule has 1 aromatic carbocycles. The number of carbonyl (C=O) groups is 1. The second-order valence-electron chi connectivity index (χ2n) is 6.91. The number of carbonyl (C=O) groups excluding carboxylic acids is 1. The average Bonchev–Trinajstić information content (AvgIpc) is 3.38. The number of benzene rings is 1. The van der Waals surface area contributed by atoms with E-state index in [1.165, 1.54) is 0 Å². The van der Waals surface area contributed by atoms with Gasteiger partial charge in [0.2, 0.25) is 15.9 Å². The van der Waals surface area contributed by atoms with Crippen molar-refractivity contribution >= 4 is 15.9 Å². The molecule has 24 heavy (non-hydrogen) atoms. The summed E-state index contributed by atoms with van der Waals surface area (Å²) in [6.07, 6.45) is 3.82. The van der Waals surface area contributed by atoms with E-state index in [0.29, 0.717) is 32.4 Å². The van der Waals surface area contributed by atoms with E-state index in [1.54, 1.807) is 4.31 Å². The third kappa shape index (κ3) is 3.49. The van der Waals surface area contributed by atoms with Crippen LogP contribution in [0.1, 0.15) is 44.6 Å². The van der Waals surface area contributed by atoms with E-state index in [-0.39, 0.29) is 23.1 Å². The normalized spacial score (nSPS) is 21.4. The van der Waals surface area contributed by atoms with Crippen LogP contribution in [0.2, 0.25) is 0 Å². The fourth-order valence-electron chi connectivity index (χ4n) is 3.52. The molecule has 132 valence electrons. The largest absolute Gasteiger partial charge is 0.352 e. The topological polar surface area (TPSA) is 66.5 Å². The van der Waals surface area contributed by atoms with Gasteiger partial charge in [0.25, 0.3) is 0 Å². The number of sulfonamides is 1. The Kier molecular flexibility index (Phi) is 4.97. The summed E-state index contributed by atoms with van der Waals surface area (Å²) >= 11 is 0. The summed E-state index contributed by atoms with van der Waals surface area (Å²) in [6.45, 7) is 2.89. The maximum atomic E-state index is 12.7. The van der Waals surface area contributed by atoms with Gasteiger partial charge >= 0.3 is 0 Å². The fourth-order valence-corrected chi connectivity index (χ4v) is 5.06. The standard InChI is InChI=1S/C18H26N2O3S/c1-2-14-24(22,23)20-12-8-16(9-13-20)19-17(21)18(10-11-18)15-6-4-3-5-7-15/h3-7,16H,2,8-14H2,1H3,(H,19,21). The molecule has 1 aliphatic carbocycles. The first kappa shape index (κ1) is 17.4. The molecule has 1 heterocycles. The highest BCUT2D eigenvalue weighted by molar-refractivity contribution is 7.89. The number of nitrogens with one attached hydrogen (secondary N) is 1. The molecule has 5 nitrogen and oxygen atoms in total. The Hall–Kier alpha value is -1.40. The lowest BCUT2D eigenvalue weighted by Gasteiger charge is -2.32. The quantitative estimate of drug-likeness (QED) is 0.854. The molecule has 0 unspecified atom stereocenters. The van der Waals surface area contributed by atoms with Crippen molar-refractivity contribution in [2.45, 2.75) is 50.5 Å². The van der Waals surface area contributed by atoms with Gasteiger partial charge in [-0.05, 0) is 37.7 Å². The molecule has 0 aromatic heterocycles. The van der Waals surface area contributed by atoms with E-state index in [2.05, 4.69) is 5.32 Å². The third-order valence-corrected chi connectivity index (χ3v) is 7.23. The number of nitrogens with zero attached hydrogens (tertiary/aromatic N) is 1. The molecule has 3 rings (SSSR count). The van der Waals surface area contributed by atoms with Gasteiger partial charge in [-0.25, -0.2) is 12.7 Å². The maximum Gasteiger partial charge on any atom is 0.230 e. The lowest BCUT2D eigenvalue weighted by atomic mass is 9.94. The molecule has 2 fully saturated rings. The van der Waals surface area contributed by atoms with Crippen LogP contribution in [0.15, 0.2) is 30.3 Å². The van der Waals surface area contributed by atoms with Gasteiger partial charge in [-0.3, -0.25) is 4.79 Å². The van der Waals surface area contributed by atoms with Gasteiger partial charge in [0.1, 0.15) is 0 Å². The molecule has 0 radical (unpaired) electrons. The average molecular weight is 350 g/mol. The molecular weight excluding hydrogens is 324 g/mol. The summed E-state index contributed by atoms with van der Waals surface area (Å²) in [5.41, 5.74) is 0.734. The fraction of sp³-hybridized carbons (Fsp3) is 0.611. The van der Waals surface area contributed by atoms with E-state index in [0.717, 1.165) is 18.4 Å². The van der Waals surface area contributed by atoms with Crippen molar-refractivity contribution in [3.63, 3.8) is 0 Å². The number of piperidine rings is 1. The Bertz CT molecular complexity index is 675. The van der Waals surface area contributed by atoms with Crippen molar-refractivity contribution in [2.24, 2.45) is 0 Å². The van der Waals surface area contributed by atoms with Crippen molar-refractivity contribution in [3.8, 4) is 0 Å². The van der Waals surface area contributed by atoms with Crippen LogP contribution >= 0.6 is 0 Å². The van der Waals surface area contributed by atoms with Crippen LogP contribution in [0.5, 0.6) is 0 Å². The first-order valence-electron chi connectivity index (χ1n) is 8.82. The van der Waals surface area contributed by atoms with Gasteiger partial charge in [-0.15, -0.1) is 0 Å². The van der Waals surface area contributed by atoms with Crippen molar-refractivity contribution in [1.82, 2.24) is 9.62 Å². The summed E-state index contributed by atoms with van der Waals surface area (Å²) in [7, 11) is -3.12. The minimum absolute atomic E-state index is 0.0757. The van der Waals surface area contributed by atoms with E-state index >= 15 is 0 Å². The highest BCUT2D eigenvalue weighted by Crippen LogP contribution is 2.48. The summed E-state index contributed by atoms with van der Waals surface area (Å²) < 4.78 is 25.8. The molecule has 1 N–H and O–H groups in total. The summed E-state index contributed by atoms with van der Waals surface area (Å²) in [5.74, 6) is 0.310. The van der Waals surface area contributed by atoms with Crippen LogP contribution in [0.4, 0.5) is 0 Å². The summed E-state index contributed by atoms with van der Waals surface area (Å²) in [6, 6.07) is 10.0. The number of hydrogen-bond acceptors (Lipinski definition) is 3. The molecule has 0 bridgehead atoms. The molecule has 1 saturated carbocycles. The van der Waals surface area contributed by atoms with Crippen LogP contribution < -0.4 is 5.32 Å². The Labute approximate surface area is 144 Å². The maximum absolute atomic E-state index is 12.7. The molecule has 0 spiro atoms.